The van der Waals surface area contributed by atoms with E-state index in [2.05, 4.69) is 5.32 Å². The highest BCUT2D eigenvalue weighted by Crippen LogP contribution is 2.28. The summed E-state index contributed by atoms with van der Waals surface area (Å²) in [5, 5.41) is 2.96. The number of hydrogen-bond donors (Lipinski definition) is 2. The lowest BCUT2D eigenvalue weighted by Crippen LogP contribution is -3.08. The molecule has 0 aliphatic rings. The third kappa shape index (κ3) is 6.39. The zero-order valence-electron chi connectivity index (χ0n) is 17.7. The van der Waals surface area contributed by atoms with Crippen molar-refractivity contribution in [1.29, 1.82) is 0 Å². The highest BCUT2D eigenvalue weighted by Gasteiger charge is 2.13. The quantitative estimate of drug-likeness (QED) is 0.540. The Morgan fingerprint density at radius 2 is 1.83 bits per heavy atom. The first kappa shape index (κ1) is 21.5. The number of methoxy groups -OCH3 is 1. The molecule has 3 aromatic rings. The van der Waals surface area contributed by atoms with Gasteiger partial charge in [-0.05, 0) is 42.3 Å². The van der Waals surface area contributed by atoms with E-state index in [4.69, 9.17) is 13.9 Å². The predicted octanol–water partition coefficient (Wildman–Crippen LogP) is 2.51. The first-order valence-corrected chi connectivity index (χ1v) is 10.0. The molecule has 6 heteroatoms. The topological polar surface area (TPSA) is 65.1 Å². The highest BCUT2D eigenvalue weighted by atomic mass is 16.5. The Morgan fingerprint density at radius 1 is 1.03 bits per heavy atom. The molecule has 2 N–H and O–H groups in total. The van der Waals surface area contributed by atoms with Crippen LogP contribution in [0.1, 0.15) is 22.6 Å². The van der Waals surface area contributed by atoms with E-state index in [1.54, 1.807) is 7.11 Å². The van der Waals surface area contributed by atoms with E-state index in [-0.39, 0.29) is 5.91 Å². The van der Waals surface area contributed by atoms with Crippen molar-refractivity contribution in [3.8, 4) is 11.5 Å². The van der Waals surface area contributed by atoms with Gasteiger partial charge in [-0.25, -0.2) is 0 Å². The number of rotatable bonds is 10. The van der Waals surface area contributed by atoms with Crippen LogP contribution in [0.25, 0.3) is 0 Å². The van der Waals surface area contributed by atoms with Crippen molar-refractivity contribution in [2.45, 2.75) is 26.6 Å². The molecular formula is C24H29N2O4+. The minimum Gasteiger partial charge on any atom is -0.493 e. The second-order valence-electron chi connectivity index (χ2n) is 7.36. The van der Waals surface area contributed by atoms with Gasteiger partial charge < -0.3 is 24.1 Å². The van der Waals surface area contributed by atoms with Crippen LogP contribution in [0, 0.1) is 6.92 Å². The summed E-state index contributed by atoms with van der Waals surface area (Å²) >= 11 is 0. The minimum absolute atomic E-state index is 0.0147. The van der Waals surface area contributed by atoms with Crippen molar-refractivity contribution in [3.63, 3.8) is 0 Å². The second kappa shape index (κ2) is 10.5. The monoisotopic (exact) mass is 409 g/mol. The Kier molecular flexibility index (Phi) is 7.51. The molecule has 1 aromatic heterocycles. The Balaban J connectivity index is 1.49. The van der Waals surface area contributed by atoms with E-state index in [1.807, 2.05) is 74.6 Å². The van der Waals surface area contributed by atoms with Gasteiger partial charge >= 0.3 is 0 Å². The van der Waals surface area contributed by atoms with Crippen LogP contribution in [-0.4, -0.2) is 26.6 Å². The molecule has 0 saturated carbocycles. The van der Waals surface area contributed by atoms with Crippen molar-refractivity contribution < 1.29 is 23.6 Å². The fourth-order valence-corrected chi connectivity index (χ4v) is 3.15. The molecule has 0 aliphatic carbocycles. The van der Waals surface area contributed by atoms with E-state index in [1.165, 1.54) is 0 Å². The van der Waals surface area contributed by atoms with E-state index < -0.39 is 0 Å². The average Bonchev–Trinajstić information content (AvgIpc) is 3.16. The van der Waals surface area contributed by atoms with Crippen LogP contribution < -0.4 is 19.7 Å². The Bertz CT molecular complexity index is 953. The third-order valence-electron chi connectivity index (χ3n) is 4.69. The average molecular weight is 410 g/mol. The third-order valence-corrected chi connectivity index (χ3v) is 4.69. The van der Waals surface area contributed by atoms with Crippen LogP contribution in [0.2, 0.25) is 0 Å². The van der Waals surface area contributed by atoms with Crippen LogP contribution >= 0.6 is 0 Å². The lowest BCUT2D eigenvalue weighted by atomic mass is 10.2. The van der Waals surface area contributed by atoms with Crippen LogP contribution in [0.4, 0.5) is 0 Å². The van der Waals surface area contributed by atoms with E-state index in [0.29, 0.717) is 37.7 Å². The largest absolute Gasteiger partial charge is 0.493 e. The van der Waals surface area contributed by atoms with Gasteiger partial charge in [0, 0.05) is 6.54 Å². The minimum atomic E-state index is -0.0147. The molecule has 6 nitrogen and oxygen atoms in total. The van der Waals surface area contributed by atoms with Gasteiger partial charge in [0.05, 0.1) is 14.2 Å². The molecule has 158 valence electrons. The fourth-order valence-electron chi connectivity index (χ4n) is 3.15. The number of benzene rings is 2. The van der Waals surface area contributed by atoms with E-state index in [9.17, 15) is 4.79 Å². The predicted molar refractivity (Wildman–Crippen MR) is 115 cm³/mol. The van der Waals surface area contributed by atoms with Crippen molar-refractivity contribution in [2.75, 3.05) is 20.7 Å². The number of aryl methyl sites for hydroxylation is 1. The van der Waals surface area contributed by atoms with Crippen molar-refractivity contribution in [2.24, 2.45) is 0 Å². The maximum absolute atomic E-state index is 12.3. The lowest BCUT2D eigenvalue weighted by molar-refractivity contribution is -0.886. The Hall–Kier alpha value is -3.25. The maximum Gasteiger partial charge on any atom is 0.275 e. The number of quaternary nitrogens is 1. The first-order chi connectivity index (χ1) is 14.5. The van der Waals surface area contributed by atoms with Gasteiger partial charge in [0.15, 0.2) is 23.8 Å². The second-order valence-corrected chi connectivity index (χ2v) is 7.36. The summed E-state index contributed by atoms with van der Waals surface area (Å²) in [4.78, 5) is 13.3. The number of hydrogen-bond acceptors (Lipinski definition) is 4. The standard InChI is InChI=1S/C24H28N2O4/c1-18-9-11-21(30-18)15-26(2)16-24(27)25-14-20-10-12-22(23(13-20)28-3)29-17-19-7-5-4-6-8-19/h4-13H,14-17H2,1-3H3,(H,25,27)/p+1. The highest BCUT2D eigenvalue weighted by molar-refractivity contribution is 5.76. The van der Waals surface area contributed by atoms with Crippen LogP contribution in [-0.2, 0) is 24.5 Å². The smallest absolute Gasteiger partial charge is 0.275 e. The summed E-state index contributed by atoms with van der Waals surface area (Å²) in [6.45, 7) is 3.86. The molecule has 1 atom stereocenters. The number of carbonyl (C=O) groups excluding carboxylic acids is 1. The fraction of sp³-hybridized carbons (Fsp3) is 0.292. The molecule has 0 spiro atoms. The molecule has 2 aromatic carbocycles. The zero-order chi connectivity index (χ0) is 21.3. The first-order valence-electron chi connectivity index (χ1n) is 10.0. The molecule has 0 aliphatic heterocycles. The van der Waals surface area contributed by atoms with Gasteiger partial charge in [0.2, 0.25) is 0 Å². The number of furan rings is 1. The van der Waals surface area contributed by atoms with Gasteiger partial charge in [0.25, 0.3) is 5.91 Å². The maximum atomic E-state index is 12.3. The summed E-state index contributed by atoms with van der Waals surface area (Å²) in [5.74, 6) is 3.07. The van der Waals surface area contributed by atoms with Crippen LogP contribution in [0.15, 0.2) is 65.1 Å². The number of likely N-dealkylation sites (N-methyl/N-ethyl adjacent to an activating group) is 1. The molecule has 0 saturated heterocycles. The van der Waals surface area contributed by atoms with Gasteiger partial charge in [-0.2, -0.15) is 0 Å². The van der Waals surface area contributed by atoms with Gasteiger partial charge in [-0.15, -0.1) is 0 Å². The molecule has 0 radical (unpaired) electrons. The van der Waals surface area contributed by atoms with Gasteiger partial charge in [0.1, 0.15) is 18.9 Å². The van der Waals surface area contributed by atoms with Gasteiger partial charge in [-0.1, -0.05) is 36.4 Å². The van der Waals surface area contributed by atoms with Crippen molar-refractivity contribution in [3.05, 3.63) is 83.3 Å². The van der Waals surface area contributed by atoms with E-state index >= 15 is 0 Å². The summed E-state index contributed by atoms with van der Waals surface area (Å²) in [6, 6.07) is 19.6. The Labute approximate surface area is 177 Å². The van der Waals surface area contributed by atoms with Crippen LogP contribution in [0.3, 0.4) is 0 Å². The molecule has 1 heterocycles. The number of amides is 1. The van der Waals surface area contributed by atoms with Crippen molar-refractivity contribution in [1.82, 2.24) is 5.32 Å². The summed E-state index contributed by atoms with van der Waals surface area (Å²) in [7, 11) is 3.58. The number of carbonyl (C=O) groups is 1. The van der Waals surface area contributed by atoms with E-state index in [0.717, 1.165) is 27.5 Å². The zero-order valence-corrected chi connectivity index (χ0v) is 17.7. The number of nitrogens with one attached hydrogen (secondary N) is 2. The molecule has 30 heavy (non-hydrogen) atoms. The lowest BCUT2D eigenvalue weighted by Gasteiger charge is -2.14. The molecule has 1 unspecified atom stereocenters. The molecular weight excluding hydrogens is 380 g/mol. The SMILES string of the molecule is COc1cc(CNC(=O)C[NH+](C)Cc2ccc(C)o2)ccc1OCc1ccccc1. The normalized spacial score (nSPS) is 11.7. The van der Waals surface area contributed by atoms with Gasteiger partial charge in [-0.3, -0.25) is 4.79 Å². The molecule has 3 rings (SSSR count). The molecule has 1 amide bonds. The Morgan fingerprint density at radius 3 is 2.53 bits per heavy atom. The van der Waals surface area contributed by atoms with Crippen LogP contribution in [0.5, 0.6) is 11.5 Å². The summed E-state index contributed by atoms with van der Waals surface area (Å²) in [6.07, 6.45) is 0. The summed E-state index contributed by atoms with van der Waals surface area (Å²) in [5.41, 5.74) is 2.04. The molecule has 0 fully saturated rings. The summed E-state index contributed by atoms with van der Waals surface area (Å²) < 4.78 is 16.9. The molecule has 0 bridgehead atoms. The number of ether oxygens (including phenoxy) is 2. The van der Waals surface area contributed by atoms with Crippen molar-refractivity contribution >= 4 is 5.91 Å².